The van der Waals surface area contributed by atoms with Crippen LogP contribution in [0.1, 0.15) is 43.9 Å². The fourth-order valence-corrected chi connectivity index (χ4v) is 4.09. The van der Waals surface area contributed by atoms with E-state index in [0.29, 0.717) is 23.1 Å². The molecule has 0 fully saturated rings. The Labute approximate surface area is 189 Å². The molecule has 0 aromatic heterocycles. The van der Waals surface area contributed by atoms with Gasteiger partial charge in [0, 0.05) is 23.4 Å². The van der Waals surface area contributed by atoms with E-state index < -0.39 is 6.04 Å². The van der Waals surface area contributed by atoms with Crippen molar-refractivity contribution in [3.8, 4) is 0 Å². The zero-order valence-electron chi connectivity index (χ0n) is 18.2. The van der Waals surface area contributed by atoms with Crippen LogP contribution in [-0.4, -0.2) is 34.6 Å². The lowest BCUT2D eigenvalue weighted by Crippen LogP contribution is -2.50. The summed E-state index contributed by atoms with van der Waals surface area (Å²) < 4.78 is 0. The molecular weight excluding hydrogens is 416 g/mol. The Morgan fingerprint density at radius 2 is 1.80 bits per heavy atom. The summed E-state index contributed by atoms with van der Waals surface area (Å²) in [6, 6.07) is 15.2. The summed E-state index contributed by atoms with van der Waals surface area (Å²) in [5, 5.41) is 3.69. The van der Waals surface area contributed by atoms with Crippen molar-refractivity contribution >= 4 is 35.2 Å². The van der Waals surface area contributed by atoms with E-state index in [-0.39, 0.29) is 17.9 Å². The first-order valence-electron chi connectivity index (χ1n) is 10.3. The summed E-state index contributed by atoms with van der Waals surface area (Å²) in [5.74, 6) is 0.831. The maximum atomic E-state index is 13.1. The molecule has 2 amide bonds. The highest BCUT2D eigenvalue weighted by Gasteiger charge is 2.26. The normalized spacial score (nSPS) is 12.8. The number of benzene rings is 2. The molecule has 6 heteroatoms. The predicted molar refractivity (Wildman–Crippen MR) is 127 cm³/mol. The molecule has 162 valence electrons. The second-order valence-electron chi connectivity index (χ2n) is 7.63. The number of hydrogen-bond donors (Lipinski definition) is 1. The van der Waals surface area contributed by atoms with Gasteiger partial charge in [-0.2, -0.15) is 0 Å². The molecule has 4 nitrogen and oxygen atoms in total. The van der Waals surface area contributed by atoms with Gasteiger partial charge in [-0.25, -0.2) is 0 Å². The zero-order valence-corrected chi connectivity index (χ0v) is 19.7. The first-order valence-corrected chi connectivity index (χ1v) is 11.8. The fourth-order valence-electron chi connectivity index (χ4n) is 3.02. The Morgan fingerprint density at radius 1 is 1.10 bits per heavy atom. The number of rotatable bonds is 10. The molecule has 0 saturated heterocycles. The van der Waals surface area contributed by atoms with Gasteiger partial charge in [-0.15, -0.1) is 11.8 Å². The zero-order chi connectivity index (χ0) is 22.1. The molecule has 1 N–H and O–H groups in total. The van der Waals surface area contributed by atoms with Crippen LogP contribution in [-0.2, 0) is 21.9 Å². The van der Waals surface area contributed by atoms with Gasteiger partial charge in [0.15, 0.2) is 0 Å². The minimum atomic E-state index is -0.543. The van der Waals surface area contributed by atoms with Crippen LogP contribution < -0.4 is 5.32 Å². The lowest BCUT2D eigenvalue weighted by Gasteiger charge is -2.29. The van der Waals surface area contributed by atoms with Crippen LogP contribution in [0.15, 0.2) is 48.5 Å². The van der Waals surface area contributed by atoms with E-state index >= 15 is 0 Å². The van der Waals surface area contributed by atoms with Gasteiger partial charge in [0.25, 0.3) is 0 Å². The third-order valence-corrected chi connectivity index (χ3v) is 6.21. The van der Waals surface area contributed by atoms with E-state index in [9.17, 15) is 9.59 Å². The van der Waals surface area contributed by atoms with Gasteiger partial charge in [0.2, 0.25) is 11.8 Å². The Balaban J connectivity index is 2.08. The van der Waals surface area contributed by atoms with Crippen molar-refractivity contribution in [1.29, 1.82) is 0 Å². The summed E-state index contributed by atoms with van der Waals surface area (Å²) in [7, 11) is 0. The predicted octanol–water partition coefficient (Wildman–Crippen LogP) is 5.21. The van der Waals surface area contributed by atoms with Crippen LogP contribution in [0.4, 0.5) is 0 Å². The molecule has 0 unspecified atom stereocenters. The highest BCUT2D eigenvalue weighted by Crippen LogP contribution is 2.19. The second-order valence-corrected chi connectivity index (χ2v) is 9.05. The van der Waals surface area contributed by atoms with Gasteiger partial charge in [-0.05, 0) is 50.5 Å². The Hall–Kier alpha value is -1.98. The standard InChI is InChI=1S/C24H31ClN2O2S/c1-5-18(3)26-24(29)19(4)27(14-20-9-6-8-17(2)12-20)23(28)16-30-15-21-10-7-11-22(25)13-21/h6-13,18-19H,5,14-16H2,1-4H3,(H,26,29)/t18-,19-/m1/s1. The number of amides is 2. The maximum Gasteiger partial charge on any atom is 0.242 e. The number of halogens is 1. The molecule has 0 aliphatic heterocycles. The lowest BCUT2D eigenvalue weighted by atomic mass is 10.1. The Morgan fingerprint density at radius 3 is 2.47 bits per heavy atom. The quantitative estimate of drug-likeness (QED) is 0.544. The van der Waals surface area contributed by atoms with Gasteiger partial charge >= 0.3 is 0 Å². The van der Waals surface area contributed by atoms with Crippen molar-refractivity contribution in [3.05, 3.63) is 70.2 Å². The van der Waals surface area contributed by atoms with Crippen molar-refractivity contribution in [2.45, 2.75) is 58.5 Å². The molecule has 2 rings (SSSR count). The number of aryl methyl sites for hydroxylation is 1. The minimum absolute atomic E-state index is 0.0460. The first kappa shape index (κ1) is 24.3. The average Bonchev–Trinajstić information content (AvgIpc) is 2.71. The molecule has 0 spiro atoms. The maximum absolute atomic E-state index is 13.1. The first-order chi connectivity index (χ1) is 14.3. The Bertz CT molecular complexity index is 859. The monoisotopic (exact) mass is 446 g/mol. The van der Waals surface area contributed by atoms with Crippen LogP contribution in [0.3, 0.4) is 0 Å². The van der Waals surface area contributed by atoms with Crippen molar-refractivity contribution in [2.75, 3.05) is 5.75 Å². The van der Waals surface area contributed by atoms with E-state index in [1.54, 1.807) is 11.8 Å². The Kier molecular flexibility index (Phi) is 9.73. The van der Waals surface area contributed by atoms with Crippen molar-refractivity contribution in [3.63, 3.8) is 0 Å². The smallest absolute Gasteiger partial charge is 0.242 e. The van der Waals surface area contributed by atoms with Crippen molar-refractivity contribution in [2.24, 2.45) is 0 Å². The number of hydrogen-bond acceptors (Lipinski definition) is 3. The van der Waals surface area contributed by atoms with Gasteiger partial charge in [-0.3, -0.25) is 9.59 Å². The van der Waals surface area contributed by atoms with Crippen molar-refractivity contribution in [1.82, 2.24) is 10.2 Å². The van der Waals surface area contributed by atoms with E-state index in [4.69, 9.17) is 11.6 Å². The number of nitrogens with zero attached hydrogens (tertiary/aromatic N) is 1. The minimum Gasteiger partial charge on any atom is -0.352 e. The molecule has 0 bridgehead atoms. The fraction of sp³-hybridized carbons (Fsp3) is 0.417. The van der Waals surface area contributed by atoms with Crippen LogP contribution in [0, 0.1) is 6.92 Å². The molecule has 0 heterocycles. The molecule has 0 aliphatic carbocycles. The SMILES string of the molecule is CC[C@@H](C)NC(=O)[C@@H](C)N(Cc1cccc(C)c1)C(=O)CSCc1cccc(Cl)c1. The van der Waals surface area contributed by atoms with Gasteiger partial charge in [-0.1, -0.05) is 60.5 Å². The van der Waals surface area contributed by atoms with Crippen LogP contribution in [0.2, 0.25) is 5.02 Å². The number of carbonyl (C=O) groups excluding carboxylic acids is 2. The third kappa shape index (κ3) is 7.69. The molecule has 0 radical (unpaired) electrons. The van der Waals surface area contributed by atoms with Crippen molar-refractivity contribution < 1.29 is 9.59 Å². The summed E-state index contributed by atoms with van der Waals surface area (Å²) in [4.78, 5) is 27.5. The number of thioether (sulfide) groups is 1. The molecular formula is C24H31ClN2O2S. The van der Waals surface area contributed by atoms with E-state index in [1.165, 1.54) is 11.8 Å². The third-order valence-electron chi connectivity index (χ3n) is 4.99. The van der Waals surface area contributed by atoms with Gasteiger partial charge in [0.1, 0.15) is 6.04 Å². The number of carbonyl (C=O) groups is 2. The molecule has 2 aromatic rings. The summed E-state index contributed by atoms with van der Waals surface area (Å²) >= 11 is 7.57. The molecule has 0 aliphatic rings. The summed E-state index contributed by atoms with van der Waals surface area (Å²) in [6.45, 7) is 8.23. The highest BCUT2D eigenvalue weighted by atomic mass is 35.5. The van der Waals surface area contributed by atoms with Crippen LogP contribution in [0.5, 0.6) is 0 Å². The lowest BCUT2D eigenvalue weighted by molar-refractivity contribution is -0.138. The topological polar surface area (TPSA) is 49.4 Å². The molecule has 0 saturated carbocycles. The largest absolute Gasteiger partial charge is 0.352 e. The van der Waals surface area contributed by atoms with Gasteiger partial charge < -0.3 is 10.2 Å². The van der Waals surface area contributed by atoms with E-state index in [0.717, 1.165) is 23.1 Å². The van der Waals surface area contributed by atoms with Gasteiger partial charge in [0.05, 0.1) is 5.75 Å². The summed E-state index contributed by atoms with van der Waals surface area (Å²) in [5.41, 5.74) is 3.23. The number of nitrogens with one attached hydrogen (secondary N) is 1. The van der Waals surface area contributed by atoms with Crippen LogP contribution in [0.25, 0.3) is 0 Å². The summed E-state index contributed by atoms with van der Waals surface area (Å²) in [6.07, 6.45) is 0.847. The van der Waals surface area contributed by atoms with Crippen LogP contribution >= 0.6 is 23.4 Å². The average molecular weight is 447 g/mol. The highest BCUT2D eigenvalue weighted by molar-refractivity contribution is 7.99. The van der Waals surface area contributed by atoms with E-state index in [2.05, 4.69) is 11.4 Å². The molecule has 2 aromatic carbocycles. The molecule has 2 atom stereocenters. The van der Waals surface area contributed by atoms with E-state index in [1.807, 2.05) is 63.2 Å². The molecule has 30 heavy (non-hydrogen) atoms. The second kappa shape index (κ2) is 12.0.